The molecule has 0 spiro atoms. The van der Waals surface area contributed by atoms with E-state index in [9.17, 15) is 14.6 Å². The SMILES string of the molecule is C[C@]12CC[C@H]3[C@@H](C=CC4CCC(O)=C(O)[C@@]43C)[C@@H]1C[C@H](F)C2. The fraction of sp³-hybridized carbons (Fsp3) is 0.789. The first kappa shape index (κ1) is 14.6. The van der Waals surface area contributed by atoms with E-state index >= 15 is 0 Å². The van der Waals surface area contributed by atoms with Crippen molar-refractivity contribution < 1.29 is 14.6 Å². The molecule has 2 nitrogen and oxygen atoms in total. The Kier molecular flexibility index (Phi) is 3.00. The van der Waals surface area contributed by atoms with Gasteiger partial charge in [-0.05, 0) is 61.2 Å². The average molecular weight is 306 g/mol. The molecule has 0 bridgehead atoms. The van der Waals surface area contributed by atoms with E-state index < -0.39 is 6.17 Å². The van der Waals surface area contributed by atoms with Crippen LogP contribution in [0.15, 0.2) is 23.7 Å². The maximum absolute atomic E-state index is 14.1. The maximum atomic E-state index is 14.1. The zero-order valence-corrected chi connectivity index (χ0v) is 13.6. The van der Waals surface area contributed by atoms with E-state index in [4.69, 9.17) is 0 Å². The van der Waals surface area contributed by atoms with E-state index in [1.807, 2.05) is 0 Å². The van der Waals surface area contributed by atoms with E-state index in [2.05, 4.69) is 26.0 Å². The lowest BCUT2D eigenvalue weighted by Gasteiger charge is -2.56. The quantitative estimate of drug-likeness (QED) is 0.613. The van der Waals surface area contributed by atoms with Gasteiger partial charge in [-0.3, -0.25) is 0 Å². The van der Waals surface area contributed by atoms with Crippen LogP contribution in [0.3, 0.4) is 0 Å². The van der Waals surface area contributed by atoms with Crippen molar-refractivity contribution in [3.05, 3.63) is 23.7 Å². The molecule has 2 saturated carbocycles. The van der Waals surface area contributed by atoms with E-state index in [0.717, 1.165) is 19.3 Å². The molecule has 0 aromatic rings. The first-order chi connectivity index (χ1) is 10.4. The lowest BCUT2D eigenvalue weighted by Crippen LogP contribution is -2.51. The van der Waals surface area contributed by atoms with E-state index in [0.29, 0.717) is 42.9 Å². The number of aliphatic hydroxyl groups is 2. The van der Waals surface area contributed by atoms with Crippen LogP contribution in [0.5, 0.6) is 0 Å². The molecule has 0 aliphatic heterocycles. The van der Waals surface area contributed by atoms with Crippen molar-refractivity contribution >= 4 is 0 Å². The van der Waals surface area contributed by atoms with Crippen molar-refractivity contribution in [1.29, 1.82) is 0 Å². The van der Waals surface area contributed by atoms with Crippen LogP contribution in [0.25, 0.3) is 0 Å². The molecular formula is C19H27FO2. The van der Waals surface area contributed by atoms with Crippen LogP contribution in [0.4, 0.5) is 4.39 Å². The highest BCUT2D eigenvalue weighted by atomic mass is 19.1. The van der Waals surface area contributed by atoms with Gasteiger partial charge in [0.2, 0.25) is 0 Å². The number of hydrogen-bond acceptors (Lipinski definition) is 2. The van der Waals surface area contributed by atoms with Crippen molar-refractivity contribution in [2.75, 3.05) is 0 Å². The minimum Gasteiger partial charge on any atom is -0.509 e. The van der Waals surface area contributed by atoms with Crippen LogP contribution in [0, 0.1) is 34.5 Å². The molecule has 0 aromatic carbocycles. The summed E-state index contributed by atoms with van der Waals surface area (Å²) in [6.07, 6.45) is 8.82. The first-order valence-corrected chi connectivity index (χ1v) is 8.80. The minimum absolute atomic E-state index is 0.115. The Balaban J connectivity index is 1.76. The topological polar surface area (TPSA) is 40.5 Å². The fourth-order valence-corrected chi connectivity index (χ4v) is 6.34. The lowest BCUT2D eigenvalue weighted by molar-refractivity contribution is -0.0411. The molecular weight excluding hydrogens is 279 g/mol. The van der Waals surface area contributed by atoms with Crippen LogP contribution in [-0.2, 0) is 0 Å². The predicted octanol–water partition coefficient (Wildman–Crippen LogP) is 5.08. The summed E-state index contributed by atoms with van der Waals surface area (Å²) < 4.78 is 14.1. The van der Waals surface area contributed by atoms with Gasteiger partial charge < -0.3 is 10.2 Å². The molecule has 22 heavy (non-hydrogen) atoms. The Morgan fingerprint density at radius 2 is 1.91 bits per heavy atom. The molecule has 7 atom stereocenters. The largest absolute Gasteiger partial charge is 0.509 e. The van der Waals surface area contributed by atoms with Crippen LogP contribution in [0.2, 0.25) is 0 Å². The summed E-state index contributed by atoms with van der Waals surface area (Å²) in [4.78, 5) is 0. The highest BCUT2D eigenvalue weighted by Gasteiger charge is 2.59. The average Bonchev–Trinajstić information content (AvgIpc) is 2.78. The second-order valence-corrected chi connectivity index (χ2v) is 8.63. The van der Waals surface area contributed by atoms with Crippen molar-refractivity contribution in [3.8, 4) is 0 Å². The number of aliphatic hydroxyl groups excluding tert-OH is 2. The Morgan fingerprint density at radius 1 is 1.14 bits per heavy atom. The second-order valence-electron chi connectivity index (χ2n) is 8.63. The zero-order valence-electron chi connectivity index (χ0n) is 13.6. The summed E-state index contributed by atoms with van der Waals surface area (Å²) >= 11 is 0. The molecule has 3 heteroatoms. The Labute approximate surface area is 132 Å². The standard InChI is InChI=1S/C19H27FO2/c1-18-8-7-14-13(15(18)9-12(20)10-18)5-3-11-4-6-16(21)17(22)19(11,14)2/h3,5,11-15,21-22H,4,6-10H2,1-2H3/t11?,12-,13+,14-,15-,18+,19-/m0/s1. The monoisotopic (exact) mass is 306 g/mol. The van der Waals surface area contributed by atoms with Crippen molar-refractivity contribution in [2.24, 2.45) is 34.5 Å². The first-order valence-electron chi connectivity index (χ1n) is 8.80. The van der Waals surface area contributed by atoms with Gasteiger partial charge in [-0.2, -0.15) is 0 Å². The van der Waals surface area contributed by atoms with Gasteiger partial charge in [-0.1, -0.05) is 26.0 Å². The van der Waals surface area contributed by atoms with Crippen molar-refractivity contribution in [1.82, 2.24) is 0 Å². The van der Waals surface area contributed by atoms with Gasteiger partial charge in [0.25, 0.3) is 0 Å². The molecule has 4 aliphatic carbocycles. The molecule has 4 rings (SSSR count). The van der Waals surface area contributed by atoms with Gasteiger partial charge in [-0.25, -0.2) is 4.39 Å². The van der Waals surface area contributed by atoms with Crippen LogP contribution >= 0.6 is 0 Å². The molecule has 2 N–H and O–H groups in total. The number of rotatable bonds is 0. The number of alkyl halides is 1. The lowest BCUT2D eigenvalue weighted by atomic mass is 9.48. The smallest absolute Gasteiger partial charge is 0.136 e. The third kappa shape index (κ3) is 1.71. The predicted molar refractivity (Wildman–Crippen MR) is 84.2 cm³/mol. The Morgan fingerprint density at radius 3 is 2.68 bits per heavy atom. The molecule has 2 fully saturated rings. The Hall–Kier alpha value is -0.990. The third-order valence-corrected chi connectivity index (χ3v) is 7.63. The van der Waals surface area contributed by atoms with Gasteiger partial charge in [0, 0.05) is 11.8 Å². The normalized spacial score (nSPS) is 53.9. The maximum Gasteiger partial charge on any atom is 0.136 e. The second kappa shape index (κ2) is 4.52. The molecule has 0 radical (unpaired) electrons. The summed E-state index contributed by atoms with van der Waals surface area (Å²) in [5.41, 5.74) is -0.248. The molecule has 1 unspecified atom stereocenters. The highest BCUT2D eigenvalue weighted by Crippen LogP contribution is 2.65. The summed E-state index contributed by atoms with van der Waals surface area (Å²) in [7, 11) is 0. The summed E-state index contributed by atoms with van der Waals surface area (Å²) in [6, 6.07) is 0. The number of hydrogen-bond donors (Lipinski definition) is 2. The van der Waals surface area contributed by atoms with Crippen LogP contribution < -0.4 is 0 Å². The number of fused-ring (bicyclic) bond motifs is 5. The van der Waals surface area contributed by atoms with Crippen molar-refractivity contribution in [3.63, 3.8) is 0 Å². The third-order valence-electron chi connectivity index (χ3n) is 7.63. The number of allylic oxidation sites excluding steroid dienone is 4. The van der Waals surface area contributed by atoms with Gasteiger partial charge in [0.15, 0.2) is 0 Å². The van der Waals surface area contributed by atoms with E-state index in [1.165, 1.54) is 0 Å². The fourth-order valence-electron chi connectivity index (χ4n) is 6.34. The molecule has 0 amide bonds. The van der Waals surface area contributed by atoms with Gasteiger partial charge >= 0.3 is 0 Å². The van der Waals surface area contributed by atoms with E-state index in [-0.39, 0.29) is 22.3 Å². The molecule has 0 saturated heterocycles. The minimum atomic E-state index is -0.670. The Bertz CT molecular complexity index is 554. The summed E-state index contributed by atoms with van der Waals surface area (Å²) in [5.74, 6) is 1.74. The molecule has 0 aromatic heterocycles. The molecule has 0 heterocycles. The van der Waals surface area contributed by atoms with Crippen LogP contribution in [-0.4, -0.2) is 16.4 Å². The molecule has 122 valence electrons. The van der Waals surface area contributed by atoms with Crippen LogP contribution in [0.1, 0.15) is 52.4 Å². The van der Waals surface area contributed by atoms with E-state index in [1.54, 1.807) is 0 Å². The molecule has 4 aliphatic rings. The van der Waals surface area contributed by atoms with Gasteiger partial charge in [0.1, 0.15) is 17.7 Å². The van der Waals surface area contributed by atoms with Gasteiger partial charge in [-0.15, -0.1) is 0 Å². The highest BCUT2D eigenvalue weighted by molar-refractivity contribution is 5.27. The van der Waals surface area contributed by atoms with Gasteiger partial charge in [0.05, 0.1) is 0 Å². The zero-order chi connectivity index (χ0) is 15.7. The van der Waals surface area contributed by atoms with Crippen molar-refractivity contribution in [2.45, 2.75) is 58.5 Å². The summed E-state index contributed by atoms with van der Waals surface area (Å²) in [6.45, 7) is 4.37. The summed E-state index contributed by atoms with van der Waals surface area (Å²) in [5, 5.41) is 20.7. The number of halogens is 1.